The van der Waals surface area contributed by atoms with E-state index < -0.39 is 68.3 Å². The number of amides is 5. The zero-order chi connectivity index (χ0) is 39.9. The molecule has 1 saturated heterocycles. The molecular formula is C40H68N6O7S. The maximum absolute atomic E-state index is 15.0. The first-order valence-corrected chi connectivity index (χ1v) is 22.4. The van der Waals surface area contributed by atoms with Gasteiger partial charge in [0.25, 0.3) is 5.91 Å². The van der Waals surface area contributed by atoms with Gasteiger partial charge in [0.15, 0.2) is 0 Å². The second-order valence-corrected chi connectivity index (χ2v) is 20.9. The summed E-state index contributed by atoms with van der Waals surface area (Å²) in [5.74, 6) is -2.43. The molecule has 54 heavy (non-hydrogen) atoms. The third kappa shape index (κ3) is 9.10. The van der Waals surface area contributed by atoms with Crippen molar-refractivity contribution in [3.63, 3.8) is 0 Å². The summed E-state index contributed by atoms with van der Waals surface area (Å²) in [7, 11) is -3.76. The Labute approximate surface area is 323 Å². The molecule has 0 aromatic rings. The van der Waals surface area contributed by atoms with E-state index >= 15 is 0 Å². The fraction of sp³-hybridized carbons (Fsp3) is 0.875. The zero-order valence-corrected chi connectivity index (χ0v) is 35.0. The van der Waals surface area contributed by atoms with Crippen molar-refractivity contribution < 1.29 is 32.4 Å². The van der Waals surface area contributed by atoms with Crippen molar-refractivity contribution in [2.45, 2.75) is 181 Å². The van der Waals surface area contributed by atoms with Gasteiger partial charge in [-0.25, -0.2) is 13.2 Å². The van der Waals surface area contributed by atoms with Gasteiger partial charge in [0, 0.05) is 24.7 Å². The molecule has 0 bridgehead atoms. The summed E-state index contributed by atoms with van der Waals surface area (Å²) < 4.78 is 29.3. The summed E-state index contributed by atoms with van der Waals surface area (Å²) in [5, 5.41) is 11.8. The molecule has 5 atom stereocenters. The van der Waals surface area contributed by atoms with Gasteiger partial charge in [-0.1, -0.05) is 79.6 Å². The summed E-state index contributed by atoms with van der Waals surface area (Å²) >= 11 is 0. The maximum atomic E-state index is 15.0. The molecule has 4 aliphatic carbocycles. The van der Waals surface area contributed by atoms with Crippen LogP contribution in [0, 0.1) is 22.7 Å². The molecule has 0 radical (unpaired) electrons. The predicted molar refractivity (Wildman–Crippen MR) is 208 cm³/mol. The van der Waals surface area contributed by atoms with Crippen molar-refractivity contribution >= 4 is 39.6 Å². The van der Waals surface area contributed by atoms with Crippen LogP contribution in [0.2, 0.25) is 0 Å². The molecule has 0 aromatic carbocycles. The Morgan fingerprint density at radius 3 is 2.00 bits per heavy atom. The molecule has 0 spiro atoms. The van der Waals surface area contributed by atoms with E-state index in [2.05, 4.69) is 35.1 Å². The number of fused-ring (bicyclic) bond motifs is 1. The van der Waals surface area contributed by atoms with Gasteiger partial charge in [-0.2, -0.15) is 4.31 Å². The Kier molecular flexibility index (Phi) is 12.6. The molecule has 4 saturated carbocycles. The number of nitrogens with one attached hydrogen (secondary N) is 4. The van der Waals surface area contributed by atoms with Gasteiger partial charge in [-0.05, 0) is 88.4 Å². The third-order valence-corrected chi connectivity index (χ3v) is 15.7. The normalized spacial score (nSPS) is 26.9. The van der Waals surface area contributed by atoms with Crippen LogP contribution in [0.5, 0.6) is 0 Å². The van der Waals surface area contributed by atoms with E-state index in [-0.39, 0.29) is 35.0 Å². The Bertz CT molecular complexity index is 1540. The molecule has 0 aromatic heterocycles. The van der Waals surface area contributed by atoms with Crippen molar-refractivity contribution in [3.05, 3.63) is 0 Å². The number of hydrogen-bond acceptors (Lipinski definition) is 7. The second kappa shape index (κ2) is 16.0. The van der Waals surface area contributed by atoms with Gasteiger partial charge in [0.2, 0.25) is 27.6 Å². The van der Waals surface area contributed by atoms with Crippen molar-refractivity contribution in [1.82, 2.24) is 30.5 Å². The van der Waals surface area contributed by atoms with Crippen LogP contribution in [-0.2, 0) is 29.2 Å². The molecular weight excluding hydrogens is 709 g/mol. The van der Waals surface area contributed by atoms with E-state index in [1.165, 1.54) is 4.31 Å². The van der Waals surface area contributed by atoms with Gasteiger partial charge in [-0.3, -0.25) is 19.2 Å². The molecule has 306 valence electrons. The lowest BCUT2D eigenvalue weighted by Crippen LogP contribution is -2.65. The topological polar surface area (TPSA) is 174 Å². The number of carbonyl (C=O) groups excluding carboxylic acids is 5. The van der Waals surface area contributed by atoms with Crippen molar-refractivity contribution in [1.29, 1.82) is 0 Å². The zero-order valence-electron chi connectivity index (χ0n) is 34.1. The maximum Gasteiger partial charge on any atom is 0.315 e. The van der Waals surface area contributed by atoms with Crippen molar-refractivity contribution in [3.8, 4) is 0 Å². The summed E-state index contributed by atoms with van der Waals surface area (Å²) in [5.41, 5.74) is -2.40. The first-order chi connectivity index (χ1) is 25.2. The lowest BCUT2D eigenvalue weighted by Gasteiger charge is -2.44. The Balaban J connectivity index is 1.39. The highest BCUT2D eigenvalue weighted by molar-refractivity contribution is 7.89. The van der Waals surface area contributed by atoms with Crippen LogP contribution < -0.4 is 21.3 Å². The lowest BCUT2D eigenvalue weighted by atomic mass is 9.70. The van der Waals surface area contributed by atoms with Crippen LogP contribution >= 0.6 is 0 Å². The summed E-state index contributed by atoms with van der Waals surface area (Å²) in [4.78, 5) is 71.1. The number of nitrogens with zero attached hydrogens (tertiary/aromatic N) is 2. The molecule has 4 N–H and O–H groups in total. The van der Waals surface area contributed by atoms with Crippen LogP contribution in [0.1, 0.15) is 145 Å². The summed E-state index contributed by atoms with van der Waals surface area (Å²) in [6.07, 6.45) is 10.3. The van der Waals surface area contributed by atoms with Gasteiger partial charge < -0.3 is 26.2 Å². The van der Waals surface area contributed by atoms with E-state index in [0.717, 1.165) is 51.4 Å². The van der Waals surface area contributed by atoms with Crippen LogP contribution in [0.3, 0.4) is 0 Å². The van der Waals surface area contributed by atoms with Gasteiger partial charge in [-0.15, -0.1) is 0 Å². The smallest absolute Gasteiger partial charge is 0.315 e. The number of urea groups is 1. The lowest BCUT2D eigenvalue weighted by molar-refractivity contribution is -0.146. The Morgan fingerprint density at radius 2 is 1.46 bits per heavy atom. The minimum Gasteiger partial charge on any atom is -0.347 e. The molecule has 14 heteroatoms. The molecule has 5 amide bonds. The van der Waals surface area contributed by atoms with Crippen LogP contribution in [-0.4, -0.2) is 101 Å². The molecule has 1 heterocycles. The molecule has 5 fully saturated rings. The Morgan fingerprint density at radius 1 is 0.870 bits per heavy atom. The second-order valence-electron chi connectivity index (χ2n) is 19.0. The van der Waals surface area contributed by atoms with E-state index in [1.807, 2.05) is 41.5 Å². The largest absolute Gasteiger partial charge is 0.347 e. The number of rotatable bonds is 15. The summed E-state index contributed by atoms with van der Waals surface area (Å²) in [6.45, 7) is 16.2. The average Bonchev–Trinajstić information content (AvgIpc) is 3.93. The number of ketones is 1. The first kappa shape index (κ1) is 42.4. The molecule has 1 aliphatic heterocycles. The number of piperidine rings is 1. The predicted octanol–water partition coefficient (Wildman–Crippen LogP) is 4.39. The van der Waals surface area contributed by atoms with Gasteiger partial charge in [0.05, 0.1) is 17.3 Å². The minimum absolute atomic E-state index is 0.00472. The molecule has 5 aliphatic rings. The number of hydrogen-bond donors (Lipinski definition) is 4. The first-order valence-electron chi connectivity index (χ1n) is 20.7. The quantitative estimate of drug-likeness (QED) is 0.179. The number of carbonyl (C=O) groups is 5. The third-order valence-electron chi connectivity index (χ3n) is 13.3. The molecule has 0 unspecified atom stereocenters. The highest BCUT2D eigenvalue weighted by Gasteiger charge is 2.70. The highest BCUT2D eigenvalue weighted by atomic mass is 32.2. The SMILES string of the molecule is CCC[C@H](NC(=O)[C@@H]1[C@@H]2[C@H](CN1C(=O)[C@@H](NC(=O)NC1(CS(=O)(=O)N(CC)C(C)(C)C)CCCCC1)C1(C)CCCCC1)C2(C)C)C(=O)C(=O)NC1CC1. The van der Waals surface area contributed by atoms with E-state index in [4.69, 9.17) is 0 Å². The number of sulfonamides is 1. The van der Waals surface area contributed by atoms with Crippen molar-refractivity contribution in [2.24, 2.45) is 22.7 Å². The monoisotopic (exact) mass is 776 g/mol. The van der Waals surface area contributed by atoms with E-state index in [1.54, 1.807) is 4.90 Å². The fourth-order valence-corrected chi connectivity index (χ4v) is 12.5. The van der Waals surface area contributed by atoms with Crippen molar-refractivity contribution in [2.75, 3.05) is 18.8 Å². The van der Waals surface area contributed by atoms with Crippen LogP contribution in [0.15, 0.2) is 0 Å². The molecule has 5 rings (SSSR count). The van der Waals surface area contributed by atoms with Crippen LogP contribution in [0.25, 0.3) is 0 Å². The minimum atomic E-state index is -3.76. The van der Waals surface area contributed by atoms with Gasteiger partial charge in [0.1, 0.15) is 12.1 Å². The van der Waals surface area contributed by atoms with Crippen LogP contribution in [0.4, 0.5) is 4.79 Å². The standard InChI is InChI=1S/C40H68N6O7S/c1-9-17-28(31(47)34(49)41-26-18-19-26)42-33(48)30-29-27(38(29,6)7)24-45(30)35(50)32(39(8)20-13-11-14-21-39)43-36(51)44-40(22-15-12-16-23-40)25-54(52,53)46(10-2)37(3,4)5/h26-30,32H,9-25H2,1-8H3,(H,41,49)(H,42,48)(H2,43,44,51)/t27-,28-,29-,30-,32+/m0/s1. The highest BCUT2D eigenvalue weighted by Crippen LogP contribution is 2.65. The number of likely N-dealkylation sites (tertiary alicyclic amines) is 1. The van der Waals surface area contributed by atoms with Gasteiger partial charge >= 0.3 is 6.03 Å². The fourth-order valence-electron chi connectivity index (χ4n) is 10.1. The van der Waals surface area contributed by atoms with E-state index in [0.29, 0.717) is 51.6 Å². The summed E-state index contributed by atoms with van der Waals surface area (Å²) in [6, 6.07) is -3.38. The van der Waals surface area contributed by atoms with E-state index in [9.17, 15) is 32.4 Å². The number of Topliss-reactive ketones (excluding diaryl/α,β-unsaturated/α-hetero) is 1. The molecule has 13 nitrogen and oxygen atoms in total. The average molecular weight is 777 g/mol. The Hall–Kier alpha value is -2.74.